The van der Waals surface area contributed by atoms with Gasteiger partial charge in [-0.1, -0.05) is 0 Å². The second kappa shape index (κ2) is 5.88. The molecule has 0 radical (unpaired) electrons. The summed E-state index contributed by atoms with van der Waals surface area (Å²) >= 11 is 0. The van der Waals surface area contributed by atoms with E-state index < -0.39 is 6.10 Å². The molecule has 0 spiro atoms. The van der Waals surface area contributed by atoms with Gasteiger partial charge in [-0.15, -0.1) is 0 Å². The normalized spacial score (nSPS) is 20.2. The number of rotatable bonds is 2. The van der Waals surface area contributed by atoms with Crippen molar-refractivity contribution in [3.05, 3.63) is 24.5 Å². The molecule has 1 aromatic heterocycles. The highest BCUT2D eigenvalue weighted by Crippen LogP contribution is 2.06. The number of aliphatic hydroxyl groups excluding tert-OH is 1. The summed E-state index contributed by atoms with van der Waals surface area (Å²) in [5.74, 6) is -0.112. The minimum Gasteiger partial charge on any atom is -0.389 e. The molecule has 1 aromatic rings. The quantitative estimate of drug-likeness (QED) is 0.787. The highest BCUT2D eigenvalue weighted by atomic mass is 16.3. The maximum Gasteiger partial charge on any atom is 0.242 e. The van der Waals surface area contributed by atoms with Gasteiger partial charge in [-0.2, -0.15) is 0 Å². The summed E-state index contributed by atoms with van der Waals surface area (Å²) in [5, 5.41) is 9.86. The van der Waals surface area contributed by atoms with E-state index in [0.29, 0.717) is 19.6 Å². The van der Waals surface area contributed by atoms with E-state index in [0.717, 1.165) is 0 Å². The summed E-state index contributed by atoms with van der Waals surface area (Å²) in [6.45, 7) is 3.26. The first kappa shape index (κ1) is 13.6. The van der Waals surface area contributed by atoms with E-state index in [1.807, 2.05) is 24.5 Å². The van der Waals surface area contributed by atoms with Gasteiger partial charge in [0.2, 0.25) is 11.8 Å². The molecule has 1 N–H and O–H groups in total. The predicted octanol–water partition coefficient (Wildman–Crippen LogP) is -0.460. The maximum absolute atomic E-state index is 12.1. The van der Waals surface area contributed by atoms with Crippen LogP contribution in [0.3, 0.4) is 0 Å². The van der Waals surface area contributed by atoms with E-state index in [1.54, 1.807) is 14.4 Å². The van der Waals surface area contributed by atoms with Gasteiger partial charge in [0.1, 0.15) is 6.54 Å². The molecule has 104 valence electrons. The smallest absolute Gasteiger partial charge is 0.242 e. The molecule has 1 atom stereocenters. The Hall–Kier alpha value is -1.82. The Balaban J connectivity index is 1.96. The first-order chi connectivity index (χ1) is 9.06. The first-order valence-corrected chi connectivity index (χ1v) is 6.38. The third-order valence-electron chi connectivity index (χ3n) is 3.28. The average molecular weight is 265 g/mol. The maximum atomic E-state index is 12.1. The molecule has 1 aliphatic rings. The van der Waals surface area contributed by atoms with Crippen molar-refractivity contribution in [1.29, 1.82) is 0 Å². The van der Waals surface area contributed by atoms with Crippen molar-refractivity contribution < 1.29 is 14.7 Å². The third-order valence-corrected chi connectivity index (χ3v) is 3.28. The zero-order chi connectivity index (χ0) is 13.8. The van der Waals surface area contributed by atoms with Crippen LogP contribution < -0.4 is 0 Å². The molecule has 0 saturated carbocycles. The molecule has 2 rings (SSSR count). The summed E-state index contributed by atoms with van der Waals surface area (Å²) in [4.78, 5) is 26.7. The van der Waals surface area contributed by atoms with Gasteiger partial charge >= 0.3 is 0 Å². The second-order valence-corrected chi connectivity index (χ2v) is 4.81. The van der Waals surface area contributed by atoms with Crippen molar-refractivity contribution in [1.82, 2.24) is 14.4 Å². The van der Waals surface area contributed by atoms with Gasteiger partial charge in [0, 0.05) is 45.5 Å². The molecular formula is C13H19N3O3. The Kier molecular flexibility index (Phi) is 4.21. The molecule has 0 unspecified atom stereocenters. The molecule has 1 saturated heterocycles. The van der Waals surface area contributed by atoms with Gasteiger partial charge in [-0.3, -0.25) is 9.59 Å². The SMILES string of the molecule is CC(=O)N1CCN(C(=O)Cn2cccc2)C[C@H](O)C1. The number of aromatic nitrogens is 1. The highest BCUT2D eigenvalue weighted by molar-refractivity contribution is 5.76. The van der Waals surface area contributed by atoms with E-state index in [4.69, 9.17) is 0 Å². The Morgan fingerprint density at radius 1 is 1.16 bits per heavy atom. The zero-order valence-corrected chi connectivity index (χ0v) is 11.0. The van der Waals surface area contributed by atoms with Gasteiger partial charge in [-0.05, 0) is 12.1 Å². The van der Waals surface area contributed by atoms with Crippen LogP contribution in [-0.4, -0.2) is 63.6 Å². The van der Waals surface area contributed by atoms with Crippen LogP contribution in [-0.2, 0) is 16.1 Å². The van der Waals surface area contributed by atoms with Crippen molar-refractivity contribution >= 4 is 11.8 Å². The molecule has 1 fully saturated rings. The number of aliphatic hydroxyl groups is 1. The molecule has 1 aliphatic heterocycles. The number of hydrogen-bond donors (Lipinski definition) is 1. The van der Waals surface area contributed by atoms with Crippen molar-refractivity contribution in [3.63, 3.8) is 0 Å². The summed E-state index contributed by atoms with van der Waals surface area (Å²) in [6, 6.07) is 3.73. The lowest BCUT2D eigenvalue weighted by molar-refractivity contribution is -0.133. The molecule has 19 heavy (non-hydrogen) atoms. The predicted molar refractivity (Wildman–Crippen MR) is 69.3 cm³/mol. The fourth-order valence-electron chi connectivity index (χ4n) is 2.23. The third kappa shape index (κ3) is 3.57. The standard InChI is InChI=1S/C13H19N3O3/c1-11(17)15-6-7-16(9-12(18)8-15)13(19)10-14-4-2-3-5-14/h2-5,12,18H,6-10H2,1H3/t12-/m1/s1. The minimum atomic E-state index is -0.681. The molecule has 2 heterocycles. The number of carbonyl (C=O) groups is 2. The Bertz CT molecular complexity index is 444. The molecule has 0 aliphatic carbocycles. The van der Waals surface area contributed by atoms with Crippen LogP contribution in [0.25, 0.3) is 0 Å². The second-order valence-electron chi connectivity index (χ2n) is 4.81. The lowest BCUT2D eigenvalue weighted by Crippen LogP contribution is -2.39. The molecule has 6 nitrogen and oxygen atoms in total. The summed E-state index contributed by atoms with van der Waals surface area (Å²) in [5.41, 5.74) is 0. The van der Waals surface area contributed by atoms with E-state index in [2.05, 4.69) is 0 Å². The van der Waals surface area contributed by atoms with Crippen LogP contribution in [0.1, 0.15) is 6.92 Å². The average Bonchev–Trinajstić information content (AvgIpc) is 2.76. The Morgan fingerprint density at radius 3 is 2.37 bits per heavy atom. The van der Waals surface area contributed by atoms with Crippen molar-refractivity contribution in [3.8, 4) is 0 Å². The molecular weight excluding hydrogens is 246 g/mol. The van der Waals surface area contributed by atoms with Gasteiger partial charge in [0.15, 0.2) is 0 Å². The number of β-amino-alcohol motifs (C(OH)–C–C–N with tert-alkyl or cyclic N) is 1. The topological polar surface area (TPSA) is 65.8 Å². The number of amides is 2. The molecule has 0 aromatic carbocycles. The Morgan fingerprint density at radius 2 is 1.74 bits per heavy atom. The molecule has 2 amide bonds. The van der Waals surface area contributed by atoms with Crippen LogP contribution in [0.15, 0.2) is 24.5 Å². The molecule has 6 heteroatoms. The van der Waals surface area contributed by atoms with Gasteiger partial charge < -0.3 is 19.5 Å². The fourth-order valence-corrected chi connectivity index (χ4v) is 2.23. The fraction of sp³-hybridized carbons (Fsp3) is 0.538. The van der Waals surface area contributed by atoms with E-state index in [1.165, 1.54) is 6.92 Å². The van der Waals surface area contributed by atoms with Gasteiger partial charge in [-0.25, -0.2) is 0 Å². The number of nitrogens with zero attached hydrogens (tertiary/aromatic N) is 3. The van der Waals surface area contributed by atoms with Crippen LogP contribution in [0, 0.1) is 0 Å². The lowest BCUT2D eigenvalue weighted by Gasteiger charge is -2.21. The van der Waals surface area contributed by atoms with Crippen molar-refractivity contribution in [2.24, 2.45) is 0 Å². The van der Waals surface area contributed by atoms with Crippen molar-refractivity contribution in [2.75, 3.05) is 26.2 Å². The van der Waals surface area contributed by atoms with Crippen LogP contribution in [0.2, 0.25) is 0 Å². The van der Waals surface area contributed by atoms with Crippen molar-refractivity contribution in [2.45, 2.75) is 19.6 Å². The van der Waals surface area contributed by atoms with E-state index in [9.17, 15) is 14.7 Å². The summed E-state index contributed by atoms with van der Waals surface area (Å²) in [6.07, 6.45) is 2.97. The van der Waals surface area contributed by atoms with Crippen LogP contribution in [0.5, 0.6) is 0 Å². The number of carbonyl (C=O) groups excluding carboxylic acids is 2. The van der Waals surface area contributed by atoms with E-state index >= 15 is 0 Å². The lowest BCUT2D eigenvalue weighted by atomic mass is 10.3. The van der Waals surface area contributed by atoms with Crippen LogP contribution >= 0.6 is 0 Å². The number of hydrogen-bond acceptors (Lipinski definition) is 3. The van der Waals surface area contributed by atoms with Crippen LogP contribution in [0.4, 0.5) is 0 Å². The Labute approximate surface area is 112 Å². The van der Waals surface area contributed by atoms with Gasteiger partial charge in [0.25, 0.3) is 0 Å². The largest absolute Gasteiger partial charge is 0.389 e. The molecule has 0 bridgehead atoms. The summed E-state index contributed by atoms with van der Waals surface area (Å²) < 4.78 is 1.79. The highest BCUT2D eigenvalue weighted by Gasteiger charge is 2.25. The zero-order valence-electron chi connectivity index (χ0n) is 11.0. The van der Waals surface area contributed by atoms with E-state index in [-0.39, 0.29) is 24.9 Å². The first-order valence-electron chi connectivity index (χ1n) is 6.38. The summed E-state index contributed by atoms with van der Waals surface area (Å²) in [7, 11) is 0. The minimum absolute atomic E-state index is 0.0411. The van der Waals surface area contributed by atoms with Gasteiger partial charge in [0.05, 0.1) is 6.10 Å². The monoisotopic (exact) mass is 265 g/mol.